The van der Waals surface area contributed by atoms with Crippen molar-refractivity contribution < 1.29 is 42.9 Å². The van der Waals surface area contributed by atoms with Crippen LogP contribution in [0.15, 0.2) is 121 Å². The van der Waals surface area contributed by atoms with E-state index in [1.807, 2.05) is 0 Å². The third kappa shape index (κ3) is 7.02. The van der Waals surface area contributed by atoms with Gasteiger partial charge < -0.3 is 23.7 Å². The first-order chi connectivity index (χ1) is 21.3. The molecule has 0 aromatic heterocycles. The van der Waals surface area contributed by atoms with Crippen LogP contribution >= 0.6 is 0 Å². The fourth-order valence-electron chi connectivity index (χ4n) is 4.76. The van der Waals surface area contributed by atoms with Crippen LogP contribution in [-0.4, -0.2) is 55.6 Å². The molecule has 1 aliphatic rings. The van der Waals surface area contributed by atoms with E-state index in [2.05, 4.69) is 0 Å². The van der Waals surface area contributed by atoms with Crippen LogP contribution in [-0.2, 0) is 23.7 Å². The summed E-state index contributed by atoms with van der Waals surface area (Å²) in [5.41, 5.74) is -0.189. The molecule has 4 atom stereocenters. The predicted molar refractivity (Wildman–Crippen MR) is 158 cm³/mol. The Morgan fingerprint density at radius 2 is 0.955 bits per heavy atom. The number of carbonyl (C=O) groups is 4. The fourth-order valence-corrected chi connectivity index (χ4v) is 4.76. The van der Waals surface area contributed by atoms with E-state index in [4.69, 9.17) is 23.7 Å². The molecule has 0 bridgehead atoms. The molecule has 4 aromatic rings. The maximum absolute atomic E-state index is 13.3. The van der Waals surface area contributed by atoms with Crippen LogP contribution in [0.5, 0.6) is 0 Å². The first-order valence-electron chi connectivity index (χ1n) is 14.0. The van der Waals surface area contributed by atoms with Gasteiger partial charge in [0, 0.05) is 0 Å². The van der Waals surface area contributed by atoms with E-state index in [-0.39, 0.29) is 24.3 Å². The maximum Gasteiger partial charge on any atom is 0.340 e. The van der Waals surface area contributed by atoms with E-state index in [1.165, 1.54) is 0 Å². The molecule has 224 valence electrons. The molecule has 9 heteroatoms. The van der Waals surface area contributed by atoms with Crippen molar-refractivity contribution in [3.8, 4) is 0 Å². The number of hydrogen-bond donors (Lipinski definition) is 0. The smallest absolute Gasteiger partial charge is 0.340 e. The van der Waals surface area contributed by atoms with Gasteiger partial charge in [0.15, 0.2) is 6.10 Å². The van der Waals surface area contributed by atoms with E-state index in [0.29, 0.717) is 11.1 Å². The minimum Gasteiger partial charge on any atom is -0.461 e. The maximum atomic E-state index is 13.3. The molecule has 0 N–H and O–H groups in total. The van der Waals surface area contributed by atoms with E-state index in [0.717, 1.165) is 0 Å². The van der Waals surface area contributed by atoms with Gasteiger partial charge in [-0.2, -0.15) is 0 Å². The summed E-state index contributed by atoms with van der Waals surface area (Å²) in [4.78, 5) is 52.2. The van der Waals surface area contributed by atoms with Crippen LogP contribution in [0.4, 0.5) is 0 Å². The molecule has 5 rings (SSSR count). The first kappa shape index (κ1) is 30.2. The summed E-state index contributed by atoms with van der Waals surface area (Å²) >= 11 is 0. The van der Waals surface area contributed by atoms with Crippen LogP contribution in [0.3, 0.4) is 0 Å². The number of hydrogen-bond acceptors (Lipinski definition) is 9. The average Bonchev–Trinajstić information content (AvgIpc) is 3.33. The van der Waals surface area contributed by atoms with E-state index in [9.17, 15) is 19.2 Å². The molecule has 0 amide bonds. The summed E-state index contributed by atoms with van der Waals surface area (Å²) in [6, 6.07) is 33.3. The Bertz CT molecular complexity index is 1580. The van der Waals surface area contributed by atoms with Crippen molar-refractivity contribution in [2.24, 2.45) is 5.41 Å². The Morgan fingerprint density at radius 3 is 1.41 bits per heavy atom. The van der Waals surface area contributed by atoms with Crippen LogP contribution in [0.25, 0.3) is 0 Å². The second kappa shape index (κ2) is 13.8. The zero-order chi connectivity index (χ0) is 30.9. The van der Waals surface area contributed by atoms with Gasteiger partial charge >= 0.3 is 23.9 Å². The third-order valence-electron chi connectivity index (χ3n) is 7.31. The number of ether oxygens (including phenoxy) is 5. The minimum absolute atomic E-state index is 0.250. The highest BCUT2D eigenvalue weighted by molar-refractivity contribution is 5.91. The standard InChI is InChI=1S/C35H30O9/c1-35(23-41-31(37)25-16-8-3-9-17-25)28(22-40-30(36)24-14-6-2-7-15-24)42-34(44-33(39)27-20-12-5-13-21-27)29(35)43-32(38)26-18-10-4-11-19-26/h2-21,28-29,34H,22-23H2,1H3/t28?,29?,34?,35-/m1/s1. The quantitative estimate of drug-likeness (QED) is 0.173. The number of benzene rings is 4. The molecule has 1 saturated heterocycles. The van der Waals surface area contributed by atoms with Crippen LogP contribution in [0, 0.1) is 5.41 Å². The Kier molecular flexibility index (Phi) is 9.46. The van der Waals surface area contributed by atoms with E-state index < -0.39 is 47.8 Å². The van der Waals surface area contributed by atoms with Crippen molar-refractivity contribution in [3.63, 3.8) is 0 Å². The topological polar surface area (TPSA) is 114 Å². The first-order valence-corrected chi connectivity index (χ1v) is 14.0. The van der Waals surface area contributed by atoms with Gasteiger partial charge in [-0.05, 0) is 55.5 Å². The van der Waals surface area contributed by atoms with Gasteiger partial charge in [0.25, 0.3) is 0 Å². The number of esters is 4. The second-order valence-corrected chi connectivity index (χ2v) is 10.4. The molecule has 0 aliphatic carbocycles. The van der Waals surface area contributed by atoms with Gasteiger partial charge in [0.1, 0.15) is 19.3 Å². The lowest BCUT2D eigenvalue weighted by atomic mass is 9.81. The summed E-state index contributed by atoms with van der Waals surface area (Å²) < 4.78 is 29.1. The lowest BCUT2D eigenvalue weighted by Crippen LogP contribution is -2.47. The second-order valence-electron chi connectivity index (χ2n) is 10.4. The summed E-state index contributed by atoms with van der Waals surface area (Å²) in [6.07, 6.45) is -3.69. The SMILES string of the molecule is C[C@@]1(COC(=O)c2ccccc2)C(COC(=O)c2ccccc2)OC(OC(=O)c2ccccc2)C1OC(=O)c1ccccc1. The molecule has 0 radical (unpaired) electrons. The molecule has 0 spiro atoms. The highest BCUT2D eigenvalue weighted by atomic mass is 16.7. The fraction of sp³-hybridized carbons (Fsp3) is 0.200. The Morgan fingerprint density at radius 1 is 0.568 bits per heavy atom. The monoisotopic (exact) mass is 594 g/mol. The summed E-state index contributed by atoms with van der Waals surface area (Å²) in [6.45, 7) is 1.03. The van der Waals surface area contributed by atoms with Crippen LogP contribution < -0.4 is 0 Å². The molecule has 1 fully saturated rings. The zero-order valence-electron chi connectivity index (χ0n) is 23.9. The van der Waals surface area contributed by atoms with Crippen LogP contribution in [0.1, 0.15) is 48.4 Å². The van der Waals surface area contributed by atoms with Crippen molar-refractivity contribution in [2.75, 3.05) is 13.2 Å². The Hall–Kier alpha value is -5.28. The molecule has 3 unspecified atom stereocenters. The van der Waals surface area contributed by atoms with Gasteiger partial charge in [-0.25, -0.2) is 19.2 Å². The summed E-state index contributed by atoms with van der Waals surface area (Å²) in [5.74, 6) is -2.66. The van der Waals surface area contributed by atoms with Crippen molar-refractivity contribution in [2.45, 2.75) is 25.4 Å². The highest BCUT2D eigenvalue weighted by Gasteiger charge is 2.59. The van der Waals surface area contributed by atoms with E-state index in [1.54, 1.807) is 128 Å². The molecule has 4 aromatic carbocycles. The summed E-state index contributed by atoms with van der Waals surface area (Å²) in [5, 5.41) is 0. The third-order valence-corrected chi connectivity index (χ3v) is 7.31. The number of rotatable bonds is 10. The lowest BCUT2D eigenvalue weighted by molar-refractivity contribution is -0.141. The largest absolute Gasteiger partial charge is 0.461 e. The van der Waals surface area contributed by atoms with Crippen LogP contribution in [0.2, 0.25) is 0 Å². The van der Waals surface area contributed by atoms with Gasteiger partial charge in [-0.15, -0.1) is 0 Å². The number of carbonyl (C=O) groups excluding carboxylic acids is 4. The van der Waals surface area contributed by atoms with Crippen molar-refractivity contribution in [1.29, 1.82) is 0 Å². The zero-order valence-corrected chi connectivity index (χ0v) is 23.9. The minimum atomic E-state index is -1.42. The summed E-state index contributed by atoms with van der Waals surface area (Å²) in [7, 11) is 0. The lowest BCUT2D eigenvalue weighted by Gasteiger charge is -2.33. The molecular formula is C35H30O9. The van der Waals surface area contributed by atoms with Gasteiger partial charge in [0.2, 0.25) is 6.29 Å². The Labute approximate surface area is 254 Å². The van der Waals surface area contributed by atoms with Gasteiger partial charge in [-0.1, -0.05) is 72.8 Å². The average molecular weight is 595 g/mol. The van der Waals surface area contributed by atoms with Crippen molar-refractivity contribution in [3.05, 3.63) is 144 Å². The molecule has 0 saturated carbocycles. The van der Waals surface area contributed by atoms with Gasteiger partial charge in [0.05, 0.1) is 27.7 Å². The molecule has 1 heterocycles. The normalized spacial score (nSPS) is 20.7. The van der Waals surface area contributed by atoms with Crippen molar-refractivity contribution in [1.82, 2.24) is 0 Å². The van der Waals surface area contributed by atoms with Gasteiger partial charge in [-0.3, -0.25) is 0 Å². The molecule has 44 heavy (non-hydrogen) atoms. The van der Waals surface area contributed by atoms with Crippen molar-refractivity contribution >= 4 is 23.9 Å². The van der Waals surface area contributed by atoms with E-state index >= 15 is 0 Å². The Balaban J connectivity index is 1.45. The highest BCUT2D eigenvalue weighted by Crippen LogP contribution is 2.43. The predicted octanol–water partition coefficient (Wildman–Crippen LogP) is 5.51. The molecule has 1 aliphatic heterocycles. The molecular weight excluding hydrogens is 564 g/mol. The molecule has 9 nitrogen and oxygen atoms in total.